The molecule has 2 bridgehead atoms. The van der Waals surface area contributed by atoms with Crippen molar-refractivity contribution in [2.75, 3.05) is 0 Å². The van der Waals surface area contributed by atoms with E-state index in [9.17, 15) is 9.90 Å². The average molecular weight is 222 g/mol. The molecule has 0 spiro atoms. The Labute approximate surface area is 97.7 Å². The Morgan fingerprint density at radius 1 is 1.44 bits per heavy atom. The summed E-state index contributed by atoms with van der Waals surface area (Å²) in [5.74, 6) is 0.974. The second-order valence-corrected chi connectivity index (χ2v) is 5.30. The summed E-state index contributed by atoms with van der Waals surface area (Å²) < 4.78 is 0. The molecule has 90 valence electrons. The summed E-state index contributed by atoms with van der Waals surface area (Å²) in [7, 11) is 0. The van der Waals surface area contributed by atoms with Gasteiger partial charge in [-0.1, -0.05) is 38.3 Å². The number of Topliss-reactive ketones (excluding diaryl/α,β-unsaturated/α-hetero) is 1. The summed E-state index contributed by atoms with van der Waals surface area (Å²) in [6.45, 7) is 2.16. The quantitative estimate of drug-likeness (QED) is 0.573. The van der Waals surface area contributed by atoms with Crippen LogP contribution < -0.4 is 0 Å². The van der Waals surface area contributed by atoms with Gasteiger partial charge in [0, 0.05) is 12.3 Å². The van der Waals surface area contributed by atoms with Gasteiger partial charge in [0.25, 0.3) is 0 Å². The molecule has 1 N–H and O–H groups in total. The van der Waals surface area contributed by atoms with Crippen LogP contribution in [0.5, 0.6) is 0 Å². The van der Waals surface area contributed by atoms with E-state index in [1.807, 2.05) is 0 Å². The fourth-order valence-electron chi connectivity index (χ4n) is 3.14. The van der Waals surface area contributed by atoms with Gasteiger partial charge in [-0.3, -0.25) is 4.79 Å². The fourth-order valence-corrected chi connectivity index (χ4v) is 3.14. The van der Waals surface area contributed by atoms with E-state index in [1.165, 1.54) is 0 Å². The van der Waals surface area contributed by atoms with Gasteiger partial charge >= 0.3 is 0 Å². The summed E-state index contributed by atoms with van der Waals surface area (Å²) in [5.41, 5.74) is 0. The summed E-state index contributed by atoms with van der Waals surface area (Å²) in [5, 5.41) is 10.1. The van der Waals surface area contributed by atoms with Crippen LogP contribution in [0.3, 0.4) is 0 Å². The maximum Gasteiger partial charge on any atom is 0.139 e. The first-order valence-corrected chi connectivity index (χ1v) is 6.61. The Hall–Kier alpha value is -0.630. The zero-order valence-electron chi connectivity index (χ0n) is 10.1. The van der Waals surface area contributed by atoms with Gasteiger partial charge < -0.3 is 5.11 Å². The predicted octanol–water partition coefficient (Wildman–Crippen LogP) is 2.71. The Morgan fingerprint density at radius 2 is 2.25 bits per heavy atom. The fraction of sp³-hybridized carbons (Fsp3) is 0.786. The van der Waals surface area contributed by atoms with Crippen LogP contribution in [0, 0.1) is 17.8 Å². The lowest BCUT2D eigenvalue weighted by molar-refractivity contribution is -0.131. The molecular weight excluding hydrogens is 200 g/mol. The molecule has 0 saturated heterocycles. The highest BCUT2D eigenvalue weighted by Gasteiger charge is 2.41. The van der Waals surface area contributed by atoms with Crippen molar-refractivity contribution in [1.82, 2.24) is 0 Å². The average Bonchev–Trinajstić information content (AvgIpc) is 2.61. The first-order valence-electron chi connectivity index (χ1n) is 6.61. The minimum Gasteiger partial charge on any atom is -0.392 e. The molecule has 2 aliphatic rings. The Bertz CT molecular complexity index is 282. The Balaban J connectivity index is 1.91. The molecule has 0 aliphatic heterocycles. The topological polar surface area (TPSA) is 37.3 Å². The Kier molecular flexibility index (Phi) is 3.80. The molecule has 1 fully saturated rings. The third-order valence-electron chi connectivity index (χ3n) is 4.02. The third kappa shape index (κ3) is 2.37. The van der Waals surface area contributed by atoms with E-state index >= 15 is 0 Å². The number of rotatable bonds is 5. The van der Waals surface area contributed by atoms with Gasteiger partial charge in [-0.25, -0.2) is 0 Å². The van der Waals surface area contributed by atoms with Crippen molar-refractivity contribution >= 4 is 5.78 Å². The van der Waals surface area contributed by atoms with Crippen LogP contribution in [0.25, 0.3) is 0 Å². The van der Waals surface area contributed by atoms with Gasteiger partial charge in [-0.2, -0.15) is 0 Å². The first kappa shape index (κ1) is 11.8. The predicted molar refractivity (Wildman–Crippen MR) is 64.0 cm³/mol. The normalized spacial score (nSPS) is 34.4. The molecule has 0 aromatic heterocycles. The number of hydrogen-bond donors (Lipinski definition) is 1. The van der Waals surface area contributed by atoms with E-state index in [1.54, 1.807) is 0 Å². The second-order valence-electron chi connectivity index (χ2n) is 5.30. The maximum absolute atomic E-state index is 11.9. The molecule has 0 unspecified atom stereocenters. The first-order chi connectivity index (χ1) is 7.72. The van der Waals surface area contributed by atoms with Crippen molar-refractivity contribution in [3.63, 3.8) is 0 Å². The van der Waals surface area contributed by atoms with Crippen LogP contribution >= 0.6 is 0 Å². The number of aliphatic hydroxyl groups is 1. The molecule has 4 atom stereocenters. The van der Waals surface area contributed by atoms with Crippen molar-refractivity contribution in [2.45, 2.75) is 51.6 Å². The number of carbonyl (C=O) groups excluding carboxylic acids is 1. The maximum atomic E-state index is 11.9. The molecule has 2 aliphatic carbocycles. The SMILES string of the molecule is CCCCC[C@@H](O)[C@@H]1C(=O)C[C@H]2C=C[C@@H]1C2. The van der Waals surface area contributed by atoms with E-state index in [-0.39, 0.29) is 11.7 Å². The lowest BCUT2D eigenvalue weighted by atomic mass is 9.74. The zero-order chi connectivity index (χ0) is 11.5. The monoisotopic (exact) mass is 222 g/mol. The molecular formula is C14H22O2. The number of carbonyl (C=O) groups is 1. The molecule has 0 radical (unpaired) electrons. The molecule has 2 rings (SSSR count). The van der Waals surface area contributed by atoms with Crippen LogP contribution in [0.2, 0.25) is 0 Å². The zero-order valence-corrected chi connectivity index (χ0v) is 10.1. The number of ketones is 1. The molecule has 1 saturated carbocycles. The number of aliphatic hydroxyl groups excluding tert-OH is 1. The van der Waals surface area contributed by atoms with E-state index in [4.69, 9.17) is 0 Å². The number of allylic oxidation sites excluding steroid dienone is 2. The minimum absolute atomic E-state index is 0.105. The van der Waals surface area contributed by atoms with Gasteiger partial charge in [-0.15, -0.1) is 0 Å². The number of hydrogen-bond acceptors (Lipinski definition) is 2. The standard InChI is InChI=1S/C14H22O2/c1-2-3-4-5-12(15)14-11-7-6-10(8-11)9-13(14)16/h6-7,10-12,14-15H,2-5,8-9H2,1H3/t10-,11+,12+,14+/m0/s1. The molecule has 0 aromatic carbocycles. The van der Waals surface area contributed by atoms with Gasteiger partial charge in [0.1, 0.15) is 5.78 Å². The van der Waals surface area contributed by atoms with Crippen LogP contribution in [0.15, 0.2) is 12.2 Å². The van der Waals surface area contributed by atoms with Crippen molar-refractivity contribution in [3.8, 4) is 0 Å². The molecule has 2 nitrogen and oxygen atoms in total. The van der Waals surface area contributed by atoms with Crippen LogP contribution in [0.1, 0.15) is 45.4 Å². The van der Waals surface area contributed by atoms with Gasteiger partial charge in [-0.05, 0) is 24.7 Å². The molecule has 0 aromatic rings. The van der Waals surface area contributed by atoms with Gasteiger partial charge in [0.05, 0.1) is 6.10 Å². The third-order valence-corrected chi connectivity index (χ3v) is 4.02. The van der Waals surface area contributed by atoms with Crippen molar-refractivity contribution in [2.24, 2.45) is 17.8 Å². The van der Waals surface area contributed by atoms with Gasteiger partial charge in [0.2, 0.25) is 0 Å². The highest BCUT2D eigenvalue weighted by Crippen LogP contribution is 2.40. The van der Waals surface area contributed by atoms with Crippen LogP contribution in [0.4, 0.5) is 0 Å². The molecule has 16 heavy (non-hydrogen) atoms. The number of fused-ring (bicyclic) bond motifs is 2. The van der Waals surface area contributed by atoms with Crippen LogP contribution in [-0.4, -0.2) is 17.0 Å². The summed E-state index contributed by atoms with van der Waals surface area (Å²) in [6.07, 6.45) is 9.81. The lowest BCUT2D eigenvalue weighted by Crippen LogP contribution is -2.37. The van der Waals surface area contributed by atoms with E-state index in [0.29, 0.717) is 18.3 Å². The largest absolute Gasteiger partial charge is 0.392 e. The smallest absolute Gasteiger partial charge is 0.139 e. The molecule has 0 heterocycles. The minimum atomic E-state index is -0.409. The van der Waals surface area contributed by atoms with Crippen LogP contribution in [-0.2, 0) is 4.79 Å². The van der Waals surface area contributed by atoms with E-state index in [0.717, 1.165) is 32.1 Å². The van der Waals surface area contributed by atoms with Crippen molar-refractivity contribution in [3.05, 3.63) is 12.2 Å². The highest BCUT2D eigenvalue weighted by atomic mass is 16.3. The summed E-state index contributed by atoms with van der Waals surface area (Å²) in [6, 6.07) is 0. The number of unbranched alkanes of at least 4 members (excludes halogenated alkanes) is 2. The van der Waals surface area contributed by atoms with E-state index in [2.05, 4.69) is 19.1 Å². The molecule has 2 heteroatoms. The summed E-state index contributed by atoms with van der Waals surface area (Å²) in [4.78, 5) is 11.9. The second kappa shape index (κ2) is 5.13. The van der Waals surface area contributed by atoms with Crippen molar-refractivity contribution < 1.29 is 9.90 Å². The molecule has 0 amide bonds. The lowest BCUT2D eigenvalue weighted by Gasteiger charge is -2.31. The van der Waals surface area contributed by atoms with E-state index < -0.39 is 6.10 Å². The summed E-state index contributed by atoms with van der Waals surface area (Å²) >= 11 is 0. The highest BCUT2D eigenvalue weighted by molar-refractivity contribution is 5.84. The van der Waals surface area contributed by atoms with Crippen molar-refractivity contribution in [1.29, 1.82) is 0 Å². The van der Waals surface area contributed by atoms with Gasteiger partial charge in [0.15, 0.2) is 0 Å². The Morgan fingerprint density at radius 3 is 3.00 bits per heavy atom.